The Kier molecular flexibility index (Phi) is 8.08. The summed E-state index contributed by atoms with van der Waals surface area (Å²) in [4.78, 5) is 41.3. The second kappa shape index (κ2) is 11.0. The molecule has 9 nitrogen and oxygen atoms in total. The van der Waals surface area contributed by atoms with E-state index in [1.54, 1.807) is 30.3 Å². The summed E-state index contributed by atoms with van der Waals surface area (Å²) in [5, 5.41) is 8.50. The Morgan fingerprint density at radius 2 is 1.74 bits per heavy atom. The first-order valence-corrected chi connectivity index (χ1v) is 11.6. The topological polar surface area (TPSA) is 119 Å². The zero-order valence-corrected chi connectivity index (χ0v) is 21.0. The average molecular weight is 497 g/mol. The third-order valence-corrected chi connectivity index (χ3v) is 6.38. The Morgan fingerprint density at radius 1 is 1.03 bits per heavy atom. The van der Waals surface area contributed by atoms with Crippen LogP contribution in [-0.4, -0.2) is 37.0 Å². The zero-order chi connectivity index (χ0) is 25.6. The Labute approximate surface area is 207 Å². The maximum absolute atomic E-state index is 12.5. The predicted octanol–water partition coefficient (Wildman–Crippen LogP) is 4.70. The van der Waals surface area contributed by atoms with Crippen LogP contribution in [0.4, 0.5) is 9.80 Å². The highest BCUT2D eigenvalue weighted by Gasteiger charge is 2.24. The van der Waals surface area contributed by atoms with Crippen LogP contribution < -0.4 is 20.7 Å². The normalized spacial score (nSPS) is 10.9. The molecule has 3 N–H and O–H groups in total. The highest BCUT2D eigenvalue weighted by molar-refractivity contribution is 7.16. The summed E-state index contributed by atoms with van der Waals surface area (Å²) in [5.41, 5.74) is 1.26. The summed E-state index contributed by atoms with van der Waals surface area (Å²) < 4.78 is 10.6. The molecule has 3 aromatic rings. The molecular formula is C25H28N4O5S. The SMILES string of the molecule is CNC(=O)c1cc(Oc2ccc(CNC(=O)Nc3sc(C(C)(C)C)cc3C(=O)OC)cc2)ccn1. The number of nitrogens with zero attached hydrogens (tertiary/aromatic N) is 1. The summed E-state index contributed by atoms with van der Waals surface area (Å²) >= 11 is 1.35. The lowest BCUT2D eigenvalue weighted by molar-refractivity contribution is 0.0602. The number of ether oxygens (including phenoxy) is 2. The second-order valence-electron chi connectivity index (χ2n) is 8.60. The van der Waals surface area contributed by atoms with Crippen molar-refractivity contribution < 1.29 is 23.9 Å². The van der Waals surface area contributed by atoms with Crippen molar-refractivity contribution in [1.29, 1.82) is 0 Å². The van der Waals surface area contributed by atoms with Gasteiger partial charge >= 0.3 is 12.0 Å². The number of amides is 3. The number of carbonyl (C=O) groups is 3. The van der Waals surface area contributed by atoms with E-state index in [0.717, 1.165) is 10.4 Å². The number of nitrogens with one attached hydrogen (secondary N) is 3. The third-order valence-electron chi connectivity index (χ3n) is 4.91. The number of urea groups is 1. The summed E-state index contributed by atoms with van der Waals surface area (Å²) in [5.74, 6) is 0.254. The van der Waals surface area contributed by atoms with E-state index in [4.69, 9.17) is 9.47 Å². The smallest absolute Gasteiger partial charge is 0.340 e. The summed E-state index contributed by atoms with van der Waals surface area (Å²) in [7, 11) is 2.84. The van der Waals surface area contributed by atoms with Crippen LogP contribution >= 0.6 is 11.3 Å². The Hall–Kier alpha value is -3.92. The van der Waals surface area contributed by atoms with Crippen molar-refractivity contribution in [3.63, 3.8) is 0 Å². The van der Waals surface area contributed by atoms with Gasteiger partial charge in [-0.25, -0.2) is 9.59 Å². The molecule has 184 valence electrons. The van der Waals surface area contributed by atoms with E-state index >= 15 is 0 Å². The van der Waals surface area contributed by atoms with E-state index < -0.39 is 12.0 Å². The molecule has 2 aromatic heterocycles. The summed E-state index contributed by atoms with van der Waals surface area (Å²) in [6.07, 6.45) is 1.50. The molecule has 0 aliphatic carbocycles. The van der Waals surface area contributed by atoms with Crippen LogP contribution in [0.1, 0.15) is 52.1 Å². The number of anilines is 1. The largest absolute Gasteiger partial charge is 0.465 e. The number of aromatic nitrogens is 1. The molecule has 0 spiro atoms. The molecule has 10 heteroatoms. The molecule has 3 amide bonds. The average Bonchev–Trinajstić information content (AvgIpc) is 3.27. The molecule has 2 heterocycles. The number of benzene rings is 1. The molecule has 0 radical (unpaired) electrons. The minimum absolute atomic E-state index is 0.173. The molecule has 0 aliphatic heterocycles. The lowest BCUT2D eigenvalue weighted by atomic mass is 9.94. The maximum atomic E-state index is 12.5. The van der Waals surface area contributed by atoms with Crippen LogP contribution in [-0.2, 0) is 16.7 Å². The van der Waals surface area contributed by atoms with Gasteiger partial charge in [0.1, 0.15) is 22.2 Å². The molecule has 0 atom stereocenters. The standard InChI is InChI=1S/C25H28N4O5S/c1-25(2,3)20-13-18(23(31)33-5)22(35-20)29-24(32)28-14-15-6-8-16(9-7-15)34-17-10-11-27-19(12-17)21(30)26-4/h6-13H,14H2,1-5H3,(H,26,30)(H2,28,29,32). The third kappa shape index (κ3) is 6.80. The minimum Gasteiger partial charge on any atom is -0.465 e. The van der Waals surface area contributed by atoms with E-state index in [0.29, 0.717) is 22.1 Å². The summed E-state index contributed by atoms with van der Waals surface area (Å²) in [6, 6.07) is 11.7. The second-order valence-corrected chi connectivity index (χ2v) is 9.66. The molecule has 1 aromatic carbocycles. The van der Waals surface area contributed by atoms with Gasteiger partial charge in [0.2, 0.25) is 0 Å². The Balaban J connectivity index is 1.60. The van der Waals surface area contributed by atoms with Gasteiger partial charge in [-0.15, -0.1) is 11.3 Å². The Morgan fingerprint density at radius 3 is 2.37 bits per heavy atom. The number of rotatable bonds is 7. The van der Waals surface area contributed by atoms with Gasteiger partial charge in [-0.2, -0.15) is 0 Å². The predicted molar refractivity (Wildman–Crippen MR) is 134 cm³/mol. The maximum Gasteiger partial charge on any atom is 0.340 e. The van der Waals surface area contributed by atoms with E-state index in [2.05, 4.69) is 20.9 Å². The molecule has 0 aliphatic rings. The zero-order valence-electron chi connectivity index (χ0n) is 20.2. The molecule has 0 unspecified atom stereocenters. The summed E-state index contributed by atoms with van der Waals surface area (Å²) in [6.45, 7) is 6.37. The van der Waals surface area contributed by atoms with E-state index in [9.17, 15) is 14.4 Å². The van der Waals surface area contributed by atoms with Gasteiger partial charge < -0.3 is 20.1 Å². The van der Waals surface area contributed by atoms with Crippen molar-refractivity contribution in [3.05, 3.63) is 70.4 Å². The van der Waals surface area contributed by atoms with E-state index in [1.165, 1.54) is 31.7 Å². The van der Waals surface area contributed by atoms with Gasteiger partial charge in [0.25, 0.3) is 5.91 Å². The first-order valence-electron chi connectivity index (χ1n) is 10.8. The molecule has 3 rings (SSSR count). The highest BCUT2D eigenvalue weighted by atomic mass is 32.1. The first kappa shape index (κ1) is 25.7. The molecule has 0 saturated carbocycles. The van der Waals surface area contributed by atoms with Gasteiger partial charge in [-0.3, -0.25) is 15.1 Å². The molecule has 35 heavy (non-hydrogen) atoms. The highest BCUT2D eigenvalue weighted by Crippen LogP contribution is 2.36. The fraction of sp³-hybridized carbons (Fsp3) is 0.280. The van der Waals surface area contributed by atoms with Gasteiger partial charge in [-0.1, -0.05) is 32.9 Å². The van der Waals surface area contributed by atoms with Crippen LogP contribution in [0.2, 0.25) is 0 Å². The fourth-order valence-corrected chi connectivity index (χ4v) is 4.08. The molecule has 0 fully saturated rings. The number of hydrogen-bond acceptors (Lipinski definition) is 7. The molecule has 0 saturated heterocycles. The molecular weight excluding hydrogens is 468 g/mol. The van der Waals surface area contributed by atoms with Crippen LogP contribution in [0.3, 0.4) is 0 Å². The van der Waals surface area contributed by atoms with Gasteiger partial charge in [0.15, 0.2) is 0 Å². The Bertz CT molecular complexity index is 1220. The minimum atomic E-state index is -0.501. The number of carbonyl (C=O) groups excluding carboxylic acids is 3. The monoisotopic (exact) mass is 496 g/mol. The van der Waals surface area contributed by atoms with Crippen LogP contribution in [0, 0.1) is 0 Å². The van der Waals surface area contributed by atoms with Crippen LogP contribution in [0.25, 0.3) is 0 Å². The van der Waals surface area contributed by atoms with Gasteiger partial charge in [0.05, 0.1) is 12.7 Å². The van der Waals surface area contributed by atoms with Crippen LogP contribution in [0.5, 0.6) is 11.5 Å². The van der Waals surface area contributed by atoms with Gasteiger partial charge in [0, 0.05) is 30.7 Å². The lowest BCUT2D eigenvalue weighted by Gasteiger charge is -2.15. The van der Waals surface area contributed by atoms with Crippen molar-refractivity contribution in [2.45, 2.75) is 32.7 Å². The number of methoxy groups -OCH3 is 1. The number of esters is 1. The number of hydrogen-bond donors (Lipinski definition) is 3. The van der Waals surface area contributed by atoms with E-state index in [1.807, 2.05) is 32.9 Å². The van der Waals surface area contributed by atoms with Crippen molar-refractivity contribution in [2.24, 2.45) is 0 Å². The number of pyridine rings is 1. The van der Waals surface area contributed by atoms with Crippen molar-refractivity contribution in [3.8, 4) is 11.5 Å². The number of thiophene rings is 1. The fourth-order valence-electron chi connectivity index (χ4n) is 2.98. The van der Waals surface area contributed by atoms with Crippen molar-refractivity contribution >= 4 is 34.2 Å². The lowest BCUT2D eigenvalue weighted by Crippen LogP contribution is -2.28. The molecule has 0 bridgehead atoms. The van der Waals surface area contributed by atoms with Gasteiger partial charge in [-0.05, 0) is 35.2 Å². The van der Waals surface area contributed by atoms with Crippen molar-refractivity contribution in [1.82, 2.24) is 15.6 Å². The first-order chi connectivity index (χ1) is 16.6. The quantitative estimate of drug-likeness (QED) is 0.408. The van der Waals surface area contributed by atoms with Crippen LogP contribution in [0.15, 0.2) is 48.7 Å². The van der Waals surface area contributed by atoms with E-state index in [-0.39, 0.29) is 23.6 Å². The van der Waals surface area contributed by atoms with Crippen molar-refractivity contribution in [2.75, 3.05) is 19.5 Å².